The van der Waals surface area contributed by atoms with Gasteiger partial charge in [-0.25, -0.2) is 4.39 Å². The summed E-state index contributed by atoms with van der Waals surface area (Å²) in [6.45, 7) is 1.70. The average molecular weight is 255 g/mol. The monoisotopic (exact) mass is 255 g/mol. The van der Waals surface area contributed by atoms with Gasteiger partial charge >= 0.3 is 0 Å². The molecule has 1 aliphatic rings. The van der Waals surface area contributed by atoms with E-state index in [1.54, 1.807) is 0 Å². The molecule has 0 aliphatic carbocycles. The highest BCUT2D eigenvalue weighted by atomic mass is 32.2. The van der Waals surface area contributed by atoms with E-state index in [4.69, 9.17) is 0 Å². The van der Waals surface area contributed by atoms with Crippen LogP contribution in [0.25, 0.3) is 0 Å². The van der Waals surface area contributed by atoms with Gasteiger partial charge in [0.2, 0.25) is 0 Å². The van der Waals surface area contributed by atoms with Gasteiger partial charge in [0.1, 0.15) is 5.82 Å². The molecule has 1 heterocycles. The molecule has 0 spiro atoms. The van der Waals surface area contributed by atoms with Gasteiger partial charge in [0.05, 0.1) is 5.60 Å². The zero-order valence-electron chi connectivity index (χ0n) is 10.2. The van der Waals surface area contributed by atoms with E-state index in [2.05, 4.69) is 4.90 Å². The summed E-state index contributed by atoms with van der Waals surface area (Å²) in [5.74, 6) is -0.265. The van der Waals surface area contributed by atoms with E-state index in [1.807, 2.05) is 19.4 Å². The summed E-state index contributed by atoms with van der Waals surface area (Å²) >= 11 is 1.50. The van der Waals surface area contributed by atoms with E-state index in [-0.39, 0.29) is 5.82 Å². The third-order valence-corrected chi connectivity index (χ3v) is 4.17. The summed E-state index contributed by atoms with van der Waals surface area (Å²) < 4.78 is 13.5. The van der Waals surface area contributed by atoms with Crippen molar-refractivity contribution in [2.75, 3.05) is 26.4 Å². The number of aliphatic hydroxyl groups is 1. The molecule has 4 heteroatoms. The Labute approximate surface area is 106 Å². The lowest BCUT2D eigenvalue weighted by atomic mass is 9.84. The van der Waals surface area contributed by atoms with E-state index in [9.17, 15) is 9.50 Å². The molecule has 1 fully saturated rings. The minimum absolute atomic E-state index is 0.265. The molecule has 0 amide bonds. The van der Waals surface area contributed by atoms with Crippen LogP contribution < -0.4 is 0 Å². The smallest absolute Gasteiger partial charge is 0.124 e. The third-order valence-electron chi connectivity index (χ3n) is 3.46. The van der Waals surface area contributed by atoms with Crippen LogP contribution in [0.15, 0.2) is 23.1 Å². The zero-order valence-corrected chi connectivity index (χ0v) is 11.1. The summed E-state index contributed by atoms with van der Waals surface area (Å²) in [4.78, 5) is 3.05. The predicted octanol–water partition coefficient (Wildman–Crippen LogP) is 2.46. The highest BCUT2D eigenvalue weighted by molar-refractivity contribution is 7.98. The molecule has 17 heavy (non-hydrogen) atoms. The first kappa shape index (κ1) is 12.9. The molecule has 0 unspecified atom stereocenters. The van der Waals surface area contributed by atoms with Gasteiger partial charge < -0.3 is 10.0 Å². The Morgan fingerprint density at radius 3 is 2.53 bits per heavy atom. The van der Waals surface area contributed by atoms with Crippen molar-refractivity contribution in [3.05, 3.63) is 29.6 Å². The molecule has 0 aromatic heterocycles. The van der Waals surface area contributed by atoms with Crippen LogP contribution in [0.1, 0.15) is 18.4 Å². The largest absolute Gasteiger partial charge is 0.385 e. The molecule has 2 nitrogen and oxygen atoms in total. The van der Waals surface area contributed by atoms with Gasteiger partial charge in [0.15, 0.2) is 0 Å². The second-order valence-corrected chi connectivity index (χ2v) is 5.59. The molecule has 1 saturated heterocycles. The normalized spacial score (nSPS) is 20.5. The van der Waals surface area contributed by atoms with Crippen LogP contribution in [0.4, 0.5) is 4.39 Å². The average Bonchev–Trinajstić information content (AvgIpc) is 2.32. The van der Waals surface area contributed by atoms with Gasteiger partial charge in [-0.1, -0.05) is 0 Å². The maximum absolute atomic E-state index is 13.5. The lowest BCUT2D eigenvalue weighted by Gasteiger charge is -2.37. The van der Waals surface area contributed by atoms with Crippen LogP contribution in [0.5, 0.6) is 0 Å². The molecule has 1 aromatic rings. The molecule has 0 radical (unpaired) electrons. The predicted molar refractivity (Wildman–Crippen MR) is 68.8 cm³/mol. The van der Waals surface area contributed by atoms with Crippen molar-refractivity contribution < 1.29 is 9.50 Å². The van der Waals surface area contributed by atoms with E-state index in [0.717, 1.165) is 23.5 Å². The number of rotatable bonds is 2. The number of halogens is 1. The van der Waals surface area contributed by atoms with Crippen LogP contribution in [0.3, 0.4) is 0 Å². The molecule has 2 rings (SSSR count). The highest BCUT2D eigenvalue weighted by Gasteiger charge is 2.33. The van der Waals surface area contributed by atoms with Crippen molar-refractivity contribution in [1.29, 1.82) is 0 Å². The summed E-state index contributed by atoms with van der Waals surface area (Å²) in [5.41, 5.74) is -0.144. The first-order valence-corrected chi connectivity index (χ1v) is 7.02. The highest BCUT2D eigenvalue weighted by Crippen LogP contribution is 2.34. The van der Waals surface area contributed by atoms with Gasteiger partial charge in [0.25, 0.3) is 0 Å². The topological polar surface area (TPSA) is 23.5 Å². The van der Waals surface area contributed by atoms with E-state index < -0.39 is 5.60 Å². The van der Waals surface area contributed by atoms with Crippen molar-refractivity contribution in [2.24, 2.45) is 0 Å². The fraction of sp³-hybridized carbons (Fsp3) is 0.538. The first-order chi connectivity index (χ1) is 8.03. The fourth-order valence-electron chi connectivity index (χ4n) is 2.23. The van der Waals surface area contributed by atoms with Gasteiger partial charge in [-0.3, -0.25) is 0 Å². The minimum atomic E-state index is -0.862. The fourth-order valence-corrected chi connectivity index (χ4v) is 2.70. The Kier molecular flexibility index (Phi) is 3.76. The molecular formula is C13H18FNOS. The Morgan fingerprint density at radius 2 is 1.94 bits per heavy atom. The SMILES string of the molecule is CSc1cc(F)cc(C2(O)CCN(C)CC2)c1. The number of likely N-dealkylation sites (tertiary alicyclic amines) is 1. The second kappa shape index (κ2) is 4.96. The lowest BCUT2D eigenvalue weighted by Crippen LogP contribution is -2.40. The van der Waals surface area contributed by atoms with Gasteiger partial charge in [0, 0.05) is 18.0 Å². The van der Waals surface area contributed by atoms with Gasteiger partial charge in [-0.15, -0.1) is 11.8 Å². The number of hydrogen-bond donors (Lipinski definition) is 1. The number of thioether (sulfide) groups is 1. The number of hydrogen-bond acceptors (Lipinski definition) is 3. The zero-order chi connectivity index (χ0) is 12.5. The molecular weight excluding hydrogens is 237 g/mol. The van der Waals surface area contributed by atoms with E-state index >= 15 is 0 Å². The molecule has 1 aromatic carbocycles. The standard InChI is InChI=1S/C13H18FNOS/c1-15-5-3-13(16,4-6-15)10-7-11(14)9-12(8-10)17-2/h7-9,16H,3-6H2,1-2H3. The Hall–Kier alpha value is -0.580. The quantitative estimate of drug-likeness (QED) is 0.821. The van der Waals surface area contributed by atoms with E-state index in [0.29, 0.717) is 12.8 Å². The van der Waals surface area contributed by atoms with Crippen LogP contribution in [-0.2, 0) is 5.60 Å². The molecule has 0 bridgehead atoms. The maximum Gasteiger partial charge on any atom is 0.124 e. The number of benzene rings is 1. The van der Waals surface area contributed by atoms with Crippen molar-refractivity contribution in [3.63, 3.8) is 0 Å². The third kappa shape index (κ3) is 2.81. The van der Waals surface area contributed by atoms with Crippen molar-refractivity contribution in [3.8, 4) is 0 Å². The van der Waals surface area contributed by atoms with Crippen LogP contribution in [0.2, 0.25) is 0 Å². The summed E-state index contributed by atoms with van der Waals surface area (Å²) in [6.07, 6.45) is 3.25. The van der Waals surface area contributed by atoms with Crippen LogP contribution in [0, 0.1) is 5.82 Å². The van der Waals surface area contributed by atoms with Crippen LogP contribution in [-0.4, -0.2) is 36.4 Å². The second-order valence-electron chi connectivity index (χ2n) is 4.71. The minimum Gasteiger partial charge on any atom is -0.385 e. The van der Waals surface area contributed by atoms with Crippen molar-refractivity contribution in [2.45, 2.75) is 23.3 Å². The molecule has 1 N–H and O–H groups in total. The van der Waals surface area contributed by atoms with Gasteiger partial charge in [-0.05, 0) is 49.9 Å². The molecule has 1 aliphatic heterocycles. The Morgan fingerprint density at radius 1 is 1.29 bits per heavy atom. The number of piperidine rings is 1. The first-order valence-electron chi connectivity index (χ1n) is 5.79. The van der Waals surface area contributed by atoms with Crippen LogP contribution >= 0.6 is 11.8 Å². The maximum atomic E-state index is 13.5. The summed E-state index contributed by atoms with van der Waals surface area (Å²) in [6, 6.07) is 4.87. The Bertz CT molecular complexity index is 402. The Balaban J connectivity index is 2.29. The van der Waals surface area contributed by atoms with Crippen molar-refractivity contribution >= 4 is 11.8 Å². The lowest BCUT2D eigenvalue weighted by molar-refractivity contribution is -0.0207. The van der Waals surface area contributed by atoms with Gasteiger partial charge in [-0.2, -0.15) is 0 Å². The van der Waals surface area contributed by atoms with E-state index in [1.165, 1.54) is 23.9 Å². The van der Waals surface area contributed by atoms with Crippen molar-refractivity contribution in [1.82, 2.24) is 4.90 Å². The molecule has 0 saturated carbocycles. The number of nitrogens with zero attached hydrogens (tertiary/aromatic N) is 1. The summed E-state index contributed by atoms with van der Waals surface area (Å²) in [5, 5.41) is 10.6. The molecule has 0 atom stereocenters. The summed E-state index contributed by atoms with van der Waals surface area (Å²) in [7, 11) is 2.04. The molecule has 94 valence electrons.